The van der Waals surface area contributed by atoms with Crippen molar-refractivity contribution in [3.63, 3.8) is 0 Å². The number of rotatable bonds is 2. The summed E-state index contributed by atoms with van der Waals surface area (Å²) in [6.07, 6.45) is 0.301. The van der Waals surface area contributed by atoms with E-state index >= 15 is 0 Å². The minimum atomic E-state index is 0.0963. The van der Waals surface area contributed by atoms with Crippen molar-refractivity contribution in [3.8, 4) is 11.5 Å². The molecule has 0 unspecified atom stereocenters. The monoisotopic (exact) mass is 183 g/mol. The van der Waals surface area contributed by atoms with Crippen LogP contribution in [-0.4, -0.2) is 15.2 Å². The predicted molar refractivity (Wildman–Crippen MR) is 50.3 cm³/mol. The van der Waals surface area contributed by atoms with Gasteiger partial charge in [0.15, 0.2) is 0 Å². The first-order valence-corrected chi connectivity index (χ1v) is 3.79. The Labute approximate surface area is 75.4 Å². The van der Waals surface area contributed by atoms with Crippen LogP contribution in [0.4, 0.5) is 0 Å². The Hall–Kier alpha value is -1.29. The molecule has 0 atom stereocenters. The lowest BCUT2D eigenvalue weighted by atomic mass is 10.1. The van der Waals surface area contributed by atoms with Crippen LogP contribution in [0.5, 0.6) is 11.5 Å². The van der Waals surface area contributed by atoms with Crippen LogP contribution in [0.15, 0.2) is 18.2 Å². The van der Waals surface area contributed by atoms with Crippen LogP contribution in [0, 0.1) is 0 Å². The molecule has 0 saturated heterocycles. The summed E-state index contributed by atoms with van der Waals surface area (Å²) in [6, 6.07) is 4.25. The molecule has 0 fully saturated rings. The Morgan fingerprint density at radius 1 is 1.42 bits per heavy atom. The summed E-state index contributed by atoms with van der Waals surface area (Å²) in [6.45, 7) is 0. The van der Waals surface area contributed by atoms with Gasteiger partial charge < -0.3 is 15.9 Å². The molecule has 0 heterocycles. The van der Waals surface area contributed by atoms with Crippen molar-refractivity contribution in [3.05, 3.63) is 23.8 Å². The van der Waals surface area contributed by atoms with Crippen LogP contribution in [-0.2, 0) is 6.42 Å². The van der Waals surface area contributed by atoms with E-state index in [4.69, 9.17) is 10.8 Å². The average Bonchev–Trinajstić information content (AvgIpc) is 1.96. The number of thiocarbonyl (C=S) groups is 1. The highest BCUT2D eigenvalue weighted by molar-refractivity contribution is 7.80. The second-order valence-corrected chi connectivity index (χ2v) is 2.98. The fourth-order valence-corrected chi connectivity index (χ4v) is 1.06. The van der Waals surface area contributed by atoms with E-state index in [0.717, 1.165) is 0 Å². The topological polar surface area (TPSA) is 66.5 Å². The molecule has 1 aromatic carbocycles. The van der Waals surface area contributed by atoms with Crippen molar-refractivity contribution in [2.45, 2.75) is 6.42 Å². The molecule has 64 valence electrons. The highest BCUT2D eigenvalue weighted by Crippen LogP contribution is 2.22. The third-order valence-corrected chi connectivity index (χ3v) is 1.57. The number of nitrogens with two attached hydrogens (primary N) is 1. The minimum Gasteiger partial charge on any atom is -0.508 e. The van der Waals surface area contributed by atoms with Crippen molar-refractivity contribution >= 4 is 17.2 Å². The van der Waals surface area contributed by atoms with Crippen LogP contribution in [0.1, 0.15) is 5.56 Å². The van der Waals surface area contributed by atoms with Crippen molar-refractivity contribution in [2.75, 3.05) is 0 Å². The van der Waals surface area contributed by atoms with Gasteiger partial charge in [0.05, 0.1) is 4.99 Å². The molecule has 0 spiro atoms. The summed E-state index contributed by atoms with van der Waals surface area (Å²) < 4.78 is 0. The van der Waals surface area contributed by atoms with Crippen molar-refractivity contribution in [1.82, 2.24) is 0 Å². The van der Waals surface area contributed by atoms with Crippen LogP contribution >= 0.6 is 12.2 Å². The molecular weight excluding hydrogens is 174 g/mol. The number of hydrogen-bond acceptors (Lipinski definition) is 3. The summed E-state index contributed by atoms with van der Waals surface area (Å²) in [7, 11) is 0. The lowest BCUT2D eigenvalue weighted by molar-refractivity contribution is 0.456. The van der Waals surface area contributed by atoms with E-state index < -0.39 is 0 Å². The minimum absolute atomic E-state index is 0.0963. The largest absolute Gasteiger partial charge is 0.508 e. The van der Waals surface area contributed by atoms with Gasteiger partial charge in [0, 0.05) is 12.0 Å². The maximum Gasteiger partial charge on any atom is 0.119 e. The fourth-order valence-electron chi connectivity index (χ4n) is 0.901. The molecule has 0 bridgehead atoms. The molecule has 0 amide bonds. The summed E-state index contributed by atoms with van der Waals surface area (Å²) in [5, 5.41) is 18.3. The van der Waals surface area contributed by atoms with Crippen LogP contribution in [0.2, 0.25) is 0 Å². The highest BCUT2D eigenvalue weighted by atomic mass is 32.1. The molecule has 0 aliphatic carbocycles. The molecule has 3 nitrogen and oxygen atoms in total. The van der Waals surface area contributed by atoms with Gasteiger partial charge in [-0.3, -0.25) is 0 Å². The van der Waals surface area contributed by atoms with E-state index in [-0.39, 0.29) is 16.5 Å². The van der Waals surface area contributed by atoms with E-state index in [2.05, 4.69) is 12.2 Å². The zero-order valence-corrected chi connectivity index (χ0v) is 7.14. The third kappa shape index (κ3) is 2.10. The second kappa shape index (κ2) is 3.40. The summed E-state index contributed by atoms with van der Waals surface area (Å²) in [5.74, 6) is 0.194. The zero-order valence-electron chi connectivity index (χ0n) is 6.32. The number of benzene rings is 1. The lowest BCUT2D eigenvalue weighted by Gasteiger charge is -2.02. The molecule has 12 heavy (non-hydrogen) atoms. The molecule has 1 aromatic rings. The first kappa shape index (κ1) is 8.80. The van der Waals surface area contributed by atoms with Gasteiger partial charge in [0.2, 0.25) is 0 Å². The molecule has 1 rings (SSSR count). The number of phenols is 2. The molecule has 4 heteroatoms. The first-order chi connectivity index (χ1) is 5.59. The quantitative estimate of drug-likeness (QED) is 0.471. The Kier molecular flexibility index (Phi) is 2.50. The molecular formula is C8H9NO2S. The van der Waals surface area contributed by atoms with Crippen LogP contribution in [0.25, 0.3) is 0 Å². The van der Waals surface area contributed by atoms with Crippen molar-refractivity contribution in [1.29, 1.82) is 0 Å². The summed E-state index contributed by atoms with van der Waals surface area (Å²) in [5.41, 5.74) is 5.83. The van der Waals surface area contributed by atoms with Gasteiger partial charge in [-0.15, -0.1) is 0 Å². The van der Waals surface area contributed by atoms with Gasteiger partial charge in [-0.2, -0.15) is 0 Å². The van der Waals surface area contributed by atoms with Gasteiger partial charge in [-0.05, 0) is 18.2 Å². The van der Waals surface area contributed by atoms with Gasteiger partial charge in [-0.25, -0.2) is 0 Å². The third-order valence-electron chi connectivity index (χ3n) is 1.43. The molecule has 0 radical (unpaired) electrons. The number of aromatic hydroxyl groups is 2. The molecule has 0 saturated carbocycles. The Morgan fingerprint density at radius 3 is 2.67 bits per heavy atom. The molecule has 0 aliphatic rings. The molecule has 0 aromatic heterocycles. The van der Waals surface area contributed by atoms with E-state index in [1.54, 1.807) is 0 Å². The molecule has 0 aliphatic heterocycles. The van der Waals surface area contributed by atoms with E-state index in [0.29, 0.717) is 12.0 Å². The van der Waals surface area contributed by atoms with Crippen molar-refractivity contribution < 1.29 is 10.2 Å². The Morgan fingerprint density at radius 2 is 2.08 bits per heavy atom. The zero-order chi connectivity index (χ0) is 9.14. The summed E-state index contributed by atoms with van der Waals surface area (Å²) >= 11 is 4.67. The normalized spacial score (nSPS) is 9.67. The van der Waals surface area contributed by atoms with Crippen molar-refractivity contribution in [2.24, 2.45) is 5.73 Å². The first-order valence-electron chi connectivity index (χ1n) is 3.39. The van der Waals surface area contributed by atoms with E-state index in [1.807, 2.05) is 0 Å². The second-order valence-electron chi connectivity index (χ2n) is 2.46. The number of hydrogen-bond donors (Lipinski definition) is 3. The SMILES string of the molecule is NC(=S)Cc1cc(O)ccc1O. The molecule has 4 N–H and O–H groups in total. The maximum atomic E-state index is 9.26. The van der Waals surface area contributed by atoms with Crippen LogP contribution in [0.3, 0.4) is 0 Å². The number of phenolic OH excluding ortho intramolecular Hbond substituents is 2. The van der Waals surface area contributed by atoms with Gasteiger partial charge in [0.25, 0.3) is 0 Å². The van der Waals surface area contributed by atoms with E-state index in [9.17, 15) is 5.11 Å². The maximum absolute atomic E-state index is 9.26. The predicted octanol–water partition coefficient (Wildman–Crippen LogP) is 0.926. The van der Waals surface area contributed by atoms with E-state index in [1.165, 1.54) is 18.2 Å². The smallest absolute Gasteiger partial charge is 0.119 e. The lowest BCUT2D eigenvalue weighted by Crippen LogP contribution is -2.10. The highest BCUT2D eigenvalue weighted by Gasteiger charge is 2.02. The Balaban J connectivity index is 2.97. The van der Waals surface area contributed by atoms with Gasteiger partial charge >= 0.3 is 0 Å². The average molecular weight is 183 g/mol. The van der Waals surface area contributed by atoms with Gasteiger partial charge in [0.1, 0.15) is 11.5 Å². The fraction of sp³-hybridized carbons (Fsp3) is 0.125. The van der Waals surface area contributed by atoms with Gasteiger partial charge in [-0.1, -0.05) is 12.2 Å². The standard InChI is InChI=1S/C8H9NO2S/c9-8(12)4-5-3-6(10)1-2-7(5)11/h1-3,10-11H,4H2,(H2,9,12). The summed E-state index contributed by atoms with van der Waals surface area (Å²) in [4.78, 5) is 0.288. The Bertz CT molecular complexity index is 312. The van der Waals surface area contributed by atoms with Crippen LogP contribution < -0.4 is 5.73 Å².